The van der Waals surface area contributed by atoms with Crippen LogP contribution in [0.2, 0.25) is 18.1 Å². The van der Waals surface area contributed by atoms with Gasteiger partial charge in [-0.15, -0.1) is 6.58 Å². The zero-order chi connectivity index (χ0) is 25.7. The van der Waals surface area contributed by atoms with E-state index in [9.17, 15) is 13.2 Å². The smallest absolute Gasteiger partial charge is 0.192 e. The first-order chi connectivity index (χ1) is 15.0. The third-order valence-electron chi connectivity index (χ3n) is 6.85. The average Bonchev–Trinajstić information content (AvgIpc) is 2.71. The van der Waals surface area contributed by atoms with Gasteiger partial charge in [0.15, 0.2) is 23.9 Å². The molecule has 1 rings (SSSR count). The van der Waals surface area contributed by atoms with E-state index in [1.165, 1.54) is 0 Å². The van der Waals surface area contributed by atoms with Crippen molar-refractivity contribution in [3.05, 3.63) is 54.6 Å². The van der Waals surface area contributed by atoms with Gasteiger partial charge < -0.3 is 4.43 Å². The lowest BCUT2D eigenvalue weighted by molar-refractivity contribution is -0.128. The summed E-state index contributed by atoms with van der Waals surface area (Å²) in [6, 6.07) is 8.50. The van der Waals surface area contributed by atoms with Gasteiger partial charge in [-0.2, -0.15) is 0 Å². The summed E-state index contributed by atoms with van der Waals surface area (Å²) in [6.07, 6.45) is 4.52. The number of carbonyl (C=O) groups excluding carboxylic acids is 1. The predicted octanol–water partition coefficient (Wildman–Crippen LogP) is 6.99. The van der Waals surface area contributed by atoms with Crippen LogP contribution in [0.3, 0.4) is 0 Å². The van der Waals surface area contributed by atoms with Crippen molar-refractivity contribution < 1.29 is 17.6 Å². The van der Waals surface area contributed by atoms with Crippen molar-refractivity contribution in [3.63, 3.8) is 0 Å². The van der Waals surface area contributed by atoms with E-state index in [-0.39, 0.29) is 28.6 Å². The summed E-state index contributed by atoms with van der Waals surface area (Å²) in [5, 5.41) is 0.0369. The Bertz CT molecular complexity index is 938. The zero-order valence-electron chi connectivity index (χ0n) is 22.1. The molecule has 0 amide bonds. The predicted molar refractivity (Wildman–Crippen MR) is 142 cm³/mol. The molecule has 0 spiro atoms. The van der Waals surface area contributed by atoms with Crippen LogP contribution in [-0.2, 0) is 19.1 Å². The molecule has 0 aliphatic rings. The van der Waals surface area contributed by atoms with Gasteiger partial charge in [-0.3, -0.25) is 4.79 Å². The van der Waals surface area contributed by atoms with E-state index in [4.69, 9.17) is 4.43 Å². The van der Waals surface area contributed by atoms with Crippen LogP contribution >= 0.6 is 0 Å². The second-order valence-corrected chi connectivity index (χ2v) is 18.1. The van der Waals surface area contributed by atoms with Crippen molar-refractivity contribution >= 4 is 23.9 Å². The first kappa shape index (κ1) is 29.5. The summed E-state index contributed by atoms with van der Waals surface area (Å²) in [5.41, 5.74) is -0.0716. The Morgan fingerprint density at radius 3 is 2.15 bits per heavy atom. The quantitative estimate of drug-likeness (QED) is 0.179. The molecule has 0 N–H and O–H groups in total. The molecule has 0 aliphatic heterocycles. The van der Waals surface area contributed by atoms with E-state index in [0.29, 0.717) is 23.3 Å². The van der Waals surface area contributed by atoms with Gasteiger partial charge >= 0.3 is 0 Å². The molecule has 0 fully saturated rings. The molecular formula is C27H44O4SSi. The van der Waals surface area contributed by atoms with Gasteiger partial charge in [-0.1, -0.05) is 71.9 Å². The zero-order valence-corrected chi connectivity index (χ0v) is 23.9. The highest BCUT2D eigenvalue weighted by molar-refractivity contribution is 7.91. The van der Waals surface area contributed by atoms with E-state index in [0.717, 1.165) is 0 Å². The molecule has 1 aromatic rings. The second kappa shape index (κ2) is 11.3. The first-order valence-electron chi connectivity index (χ1n) is 11.8. The Morgan fingerprint density at radius 2 is 1.67 bits per heavy atom. The van der Waals surface area contributed by atoms with Crippen molar-refractivity contribution in [2.75, 3.05) is 5.75 Å². The largest absolute Gasteiger partial charge is 0.413 e. The fraction of sp³-hybridized carbons (Fsp3) is 0.593. The lowest BCUT2D eigenvalue weighted by atomic mass is 9.77. The molecule has 6 heteroatoms. The highest BCUT2D eigenvalue weighted by Gasteiger charge is 2.45. The normalized spacial score (nSPS) is 15.7. The topological polar surface area (TPSA) is 60.4 Å². The van der Waals surface area contributed by atoms with Crippen LogP contribution in [0.5, 0.6) is 0 Å². The van der Waals surface area contributed by atoms with Crippen LogP contribution in [0.25, 0.3) is 0 Å². The van der Waals surface area contributed by atoms with Gasteiger partial charge in [0.1, 0.15) is 0 Å². The van der Waals surface area contributed by atoms with Crippen molar-refractivity contribution in [1.29, 1.82) is 0 Å². The highest BCUT2D eigenvalue weighted by Crippen LogP contribution is 2.41. The molecule has 33 heavy (non-hydrogen) atoms. The number of ketones is 1. The molecule has 4 nitrogen and oxygen atoms in total. The standard InChI is InChI=1S/C27H44O4SSi/c1-11-15-24(31-33(9,10)26(4,5)6)27(7,8)25(28)22(3)20-21(2)18-19-32(29,30)23-16-13-12-14-17-23/h11-14,16-17,20-21,24H,1,15,18-19H2,2-10H3/b22-20+/t21-,24-/m0/s1. The fourth-order valence-corrected chi connectivity index (χ4v) is 6.45. The van der Waals surface area contributed by atoms with Crippen LogP contribution in [0.1, 0.15) is 61.3 Å². The van der Waals surface area contributed by atoms with Crippen molar-refractivity contribution in [3.8, 4) is 0 Å². The summed E-state index contributed by atoms with van der Waals surface area (Å²) in [4.78, 5) is 13.8. The molecule has 0 bridgehead atoms. The lowest BCUT2D eigenvalue weighted by Crippen LogP contribution is -2.50. The molecule has 0 heterocycles. The molecule has 0 unspecified atom stereocenters. The van der Waals surface area contributed by atoms with Gasteiger partial charge in [0.25, 0.3) is 0 Å². The number of benzene rings is 1. The van der Waals surface area contributed by atoms with Crippen LogP contribution in [0, 0.1) is 11.3 Å². The Morgan fingerprint density at radius 1 is 1.12 bits per heavy atom. The van der Waals surface area contributed by atoms with Crippen molar-refractivity contribution in [2.24, 2.45) is 11.3 Å². The minimum atomic E-state index is -3.34. The van der Waals surface area contributed by atoms with E-state index in [1.54, 1.807) is 30.3 Å². The Labute approximate surface area is 203 Å². The molecule has 0 saturated heterocycles. The summed E-state index contributed by atoms with van der Waals surface area (Å²) >= 11 is 0. The Kier molecular flexibility index (Phi) is 10.1. The summed E-state index contributed by atoms with van der Waals surface area (Å²) in [6.45, 7) is 22.5. The van der Waals surface area contributed by atoms with Gasteiger partial charge in [-0.25, -0.2) is 8.42 Å². The summed E-state index contributed by atoms with van der Waals surface area (Å²) in [5.74, 6) is 0.0425. The second-order valence-electron chi connectivity index (χ2n) is 11.2. The maximum Gasteiger partial charge on any atom is 0.192 e. The van der Waals surface area contributed by atoms with Gasteiger partial charge in [0.05, 0.1) is 22.2 Å². The molecule has 0 saturated carbocycles. The number of carbonyl (C=O) groups is 1. The van der Waals surface area contributed by atoms with E-state index >= 15 is 0 Å². The summed E-state index contributed by atoms with van der Waals surface area (Å²) in [7, 11) is -5.42. The SMILES string of the molecule is C=CC[C@H](O[Si](C)(C)C(C)(C)C)C(C)(C)C(=O)/C(C)=C/[C@@H](C)CCS(=O)(=O)c1ccccc1. The number of rotatable bonds is 12. The molecular weight excluding hydrogens is 448 g/mol. The van der Waals surface area contributed by atoms with Gasteiger partial charge in [0, 0.05) is 0 Å². The number of hydrogen-bond donors (Lipinski definition) is 0. The van der Waals surface area contributed by atoms with Gasteiger partial charge in [-0.05, 0) is 61.5 Å². The summed E-state index contributed by atoms with van der Waals surface area (Å²) < 4.78 is 31.8. The number of allylic oxidation sites excluding steroid dienone is 2. The van der Waals surface area contributed by atoms with E-state index in [1.807, 2.05) is 39.8 Å². The maximum absolute atomic E-state index is 13.5. The molecule has 186 valence electrons. The number of Topliss-reactive ketones (excluding diaryl/α,β-unsaturated/α-hetero) is 1. The molecule has 0 aliphatic carbocycles. The molecule has 2 atom stereocenters. The maximum atomic E-state index is 13.5. The van der Waals surface area contributed by atoms with Crippen LogP contribution in [0.15, 0.2) is 59.5 Å². The van der Waals surface area contributed by atoms with Crippen molar-refractivity contribution in [1.82, 2.24) is 0 Å². The lowest BCUT2D eigenvalue weighted by Gasteiger charge is -2.43. The van der Waals surface area contributed by atoms with E-state index in [2.05, 4.69) is 40.4 Å². The minimum absolute atomic E-state index is 0.0332. The van der Waals surface area contributed by atoms with Crippen molar-refractivity contribution in [2.45, 2.75) is 90.4 Å². The minimum Gasteiger partial charge on any atom is -0.413 e. The first-order valence-corrected chi connectivity index (χ1v) is 16.3. The van der Waals surface area contributed by atoms with Crippen LogP contribution in [-0.4, -0.2) is 34.4 Å². The molecule has 1 aromatic carbocycles. The third-order valence-corrected chi connectivity index (χ3v) is 13.1. The Balaban J connectivity index is 2.98. The molecule has 0 radical (unpaired) electrons. The molecule has 0 aromatic heterocycles. The average molecular weight is 493 g/mol. The Hall–Kier alpha value is -1.50. The van der Waals surface area contributed by atoms with E-state index < -0.39 is 23.6 Å². The van der Waals surface area contributed by atoms with Crippen LogP contribution < -0.4 is 0 Å². The van der Waals surface area contributed by atoms with Gasteiger partial charge in [0.2, 0.25) is 0 Å². The third kappa shape index (κ3) is 8.04. The number of sulfone groups is 1. The number of hydrogen-bond acceptors (Lipinski definition) is 4. The monoisotopic (exact) mass is 492 g/mol. The fourth-order valence-electron chi connectivity index (χ4n) is 3.50. The van der Waals surface area contributed by atoms with Crippen LogP contribution in [0.4, 0.5) is 0 Å². The highest BCUT2D eigenvalue weighted by atomic mass is 32.2.